The molecule has 0 radical (unpaired) electrons. The van der Waals surface area contributed by atoms with Crippen LogP contribution in [0.2, 0.25) is 5.02 Å². The average molecular weight is 911 g/mol. The predicted molar refractivity (Wildman–Crippen MR) is 236 cm³/mol. The zero-order valence-electron chi connectivity index (χ0n) is 35.3. The predicted octanol–water partition coefficient (Wildman–Crippen LogP) is 7.85. The molecule has 8 rings (SSSR count). The van der Waals surface area contributed by atoms with E-state index in [0.29, 0.717) is 39.5 Å². The van der Waals surface area contributed by atoms with Crippen molar-refractivity contribution in [3.8, 4) is 0 Å². The van der Waals surface area contributed by atoms with E-state index in [1.54, 1.807) is 54.6 Å². The highest BCUT2D eigenvalue weighted by molar-refractivity contribution is 6.30. The number of H-pyrrole nitrogens is 1. The van der Waals surface area contributed by atoms with Crippen molar-refractivity contribution in [3.05, 3.63) is 152 Å². The zero-order chi connectivity index (χ0) is 45.2. The molecule has 0 saturated carbocycles. The molecule has 3 heterocycles. The second kappa shape index (κ2) is 19.0. The SMILES string of the molecule is COC(=O)c1ccc(C2c3[nH]c4cc(COCCOC(=O)C5C(C)NC6=C(C(=O)CC(c7ccc(Cl)cc7)C6)C5c5ccccc5F)ccc4c3CC(C(=O)OC)N2C(=O)CCl)cc1. The Morgan fingerprint density at radius 3 is 2.30 bits per heavy atom. The number of amides is 1. The van der Waals surface area contributed by atoms with E-state index in [4.69, 9.17) is 42.1 Å². The highest BCUT2D eigenvalue weighted by atomic mass is 35.5. The molecule has 4 aromatic carbocycles. The van der Waals surface area contributed by atoms with Crippen LogP contribution in [0.25, 0.3) is 10.9 Å². The molecule has 6 atom stereocenters. The second-order valence-electron chi connectivity index (χ2n) is 16.2. The molecular formula is C49H46Cl2FN3O9. The number of halogens is 3. The van der Waals surface area contributed by atoms with Gasteiger partial charge in [0.05, 0.1) is 45.0 Å². The van der Waals surface area contributed by atoms with Crippen molar-refractivity contribution in [1.29, 1.82) is 0 Å². The number of ether oxygens (including phenoxy) is 4. The Hall–Kier alpha value is -6.02. The maximum atomic E-state index is 15.6. The number of esters is 3. The van der Waals surface area contributed by atoms with Crippen molar-refractivity contribution in [1.82, 2.24) is 15.2 Å². The number of carbonyl (C=O) groups excluding carboxylic acids is 5. The van der Waals surface area contributed by atoms with Gasteiger partial charge in [-0.2, -0.15) is 0 Å². The summed E-state index contributed by atoms with van der Waals surface area (Å²) in [4.78, 5) is 71.7. The van der Waals surface area contributed by atoms with E-state index in [2.05, 4.69) is 10.3 Å². The molecular weight excluding hydrogens is 864 g/mol. The molecule has 1 amide bonds. The summed E-state index contributed by atoms with van der Waals surface area (Å²) in [7, 11) is 2.56. The lowest BCUT2D eigenvalue weighted by atomic mass is 9.67. The van der Waals surface area contributed by atoms with Crippen molar-refractivity contribution in [2.75, 3.05) is 33.3 Å². The molecule has 0 bridgehead atoms. The van der Waals surface area contributed by atoms with Crippen molar-refractivity contribution in [2.24, 2.45) is 5.92 Å². The Kier molecular flexibility index (Phi) is 13.2. The van der Waals surface area contributed by atoms with Gasteiger partial charge in [-0.15, -0.1) is 11.6 Å². The average Bonchev–Trinajstić information content (AvgIpc) is 3.67. The Labute approximate surface area is 379 Å². The van der Waals surface area contributed by atoms with Crippen LogP contribution in [-0.2, 0) is 51.2 Å². The summed E-state index contributed by atoms with van der Waals surface area (Å²) in [6.45, 7) is 1.98. The Bertz CT molecular complexity index is 2650. The van der Waals surface area contributed by atoms with Gasteiger partial charge in [-0.05, 0) is 83.5 Å². The minimum Gasteiger partial charge on any atom is -0.467 e. The third-order valence-corrected chi connectivity index (χ3v) is 13.0. The molecule has 0 saturated heterocycles. The lowest BCUT2D eigenvalue weighted by Crippen LogP contribution is -2.52. The van der Waals surface area contributed by atoms with Gasteiger partial charge in [0, 0.05) is 57.7 Å². The number of hydrogen-bond acceptors (Lipinski definition) is 10. The fraction of sp³-hybridized carbons (Fsp3) is 0.327. The number of fused-ring (bicyclic) bond motifs is 3. The quantitative estimate of drug-likeness (QED) is 0.0548. The molecule has 12 nitrogen and oxygen atoms in total. The molecule has 0 fully saturated rings. The van der Waals surface area contributed by atoms with Crippen LogP contribution in [-0.4, -0.2) is 84.9 Å². The van der Waals surface area contributed by atoms with E-state index in [-0.39, 0.29) is 55.8 Å². The van der Waals surface area contributed by atoms with Crippen LogP contribution in [0.4, 0.5) is 4.39 Å². The van der Waals surface area contributed by atoms with E-state index in [9.17, 15) is 24.0 Å². The maximum absolute atomic E-state index is 15.6. The lowest BCUT2D eigenvalue weighted by Gasteiger charge is -2.42. The van der Waals surface area contributed by atoms with E-state index in [1.807, 2.05) is 37.3 Å². The summed E-state index contributed by atoms with van der Waals surface area (Å²) in [5.74, 6) is -5.01. The maximum Gasteiger partial charge on any atom is 0.337 e. The minimum atomic E-state index is -0.970. The summed E-state index contributed by atoms with van der Waals surface area (Å²) >= 11 is 12.2. The minimum absolute atomic E-state index is 0.0551. The number of Topliss-reactive ketones (excluding diaryl/α,β-unsaturated/α-hetero) is 1. The molecule has 64 heavy (non-hydrogen) atoms. The monoisotopic (exact) mass is 909 g/mol. The second-order valence-corrected chi connectivity index (χ2v) is 16.9. The van der Waals surface area contributed by atoms with Crippen molar-refractivity contribution in [2.45, 2.75) is 62.8 Å². The standard InChI is InChI=1S/C49H46Cl2FN3O9/c1-26-42(43(34-6-4-5-7-36(34)52)44-38(53-26)21-31(22-40(44)56)28-13-15-32(51)16-14-28)49(60)64-19-18-63-25-27-8-17-33-35-23-39(48(59)62-3)55(41(57)24-50)46(45(35)54-37(33)20-27)29-9-11-30(12-10-29)47(58)61-2/h4-17,20,26,31,39,42-43,46,53-54H,18-19,21-25H2,1-3H3. The fourth-order valence-electron chi connectivity index (χ4n) is 9.58. The van der Waals surface area contributed by atoms with Crippen molar-refractivity contribution in [3.63, 3.8) is 0 Å². The van der Waals surface area contributed by atoms with E-state index in [1.165, 1.54) is 25.2 Å². The summed E-state index contributed by atoms with van der Waals surface area (Å²) in [6.07, 6.45) is 0.907. The van der Waals surface area contributed by atoms with E-state index in [0.717, 1.165) is 27.6 Å². The van der Waals surface area contributed by atoms with Gasteiger partial charge >= 0.3 is 17.9 Å². The number of ketones is 1. The van der Waals surface area contributed by atoms with Crippen LogP contribution in [0.15, 0.2) is 102 Å². The third kappa shape index (κ3) is 8.64. The molecule has 3 aliphatic rings. The van der Waals surface area contributed by atoms with Gasteiger partial charge in [-0.25, -0.2) is 14.0 Å². The number of aromatic amines is 1. The van der Waals surface area contributed by atoms with Gasteiger partial charge in [0.15, 0.2) is 5.78 Å². The first-order valence-electron chi connectivity index (χ1n) is 21.0. The lowest BCUT2D eigenvalue weighted by molar-refractivity contribution is -0.154. The zero-order valence-corrected chi connectivity index (χ0v) is 36.8. The number of benzene rings is 4. The summed E-state index contributed by atoms with van der Waals surface area (Å²) in [5.41, 5.74) is 6.36. The number of aromatic nitrogens is 1. The number of hydrogen-bond donors (Lipinski definition) is 2. The highest BCUT2D eigenvalue weighted by Crippen LogP contribution is 2.47. The van der Waals surface area contributed by atoms with Crippen LogP contribution in [0.5, 0.6) is 0 Å². The third-order valence-electron chi connectivity index (χ3n) is 12.5. The van der Waals surface area contributed by atoms with Crippen LogP contribution < -0.4 is 5.32 Å². The highest BCUT2D eigenvalue weighted by Gasteiger charge is 2.48. The Morgan fingerprint density at radius 2 is 1.59 bits per heavy atom. The number of allylic oxidation sites excluding steroid dienone is 2. The van der Waals surface area contributed by atoms with Crippen LogP contribution in [0, 0.1) is 11.7 Å². The molecule has 1 aromatic heterocycles. The molecule has 2 aliphatic heterocycles. The van der Waals surface area contributed by atoms with Gasteiger partial charge in [0.2, 0.25) is 5.91 Å². The molecule has 15 heteroatoms. The number of methoxy groups -OCH3 is 2. The van der Waals surface area contributed by atoms with Crippen LogP contribution in [0.3, 0.4) is 0 Å². The number of nitrogens with one attached hydrogen (secondary N) is 2. The normalized spacial score (nSPS) is 21.7. The largest absolute Gasteiger partial charge is 0.467 e. The number of rotatable bonds is 12. The fourth-order valence-corrected chi connectivity index (χ4v) is 9.84. The van der Waals surface area contributed by atoms with E-state index < -0.39 is 59.6 Å². The van der Waals surface area contributed by atoms with E-state index >= 15 is 4.39 Å². The smallest absolute Gasteiger partial charge is 0.337 e. The van der Waals surface area contributed by atoms with Crippen molar-refractivity contribution >= 4 is 63.7 Å². The molecule has 332 valence electrons. The molecule has 0 spiro atoms. The molecule has 1 aliphatic carbocycles. The first kappa shape index (κ1) is 44.6. The molecule has 5 aromatic rings. The summed E-state index contributed by atoms with van der Waals surface area (Å²) < 4.78 is 37.3. The van der Waals surface area contributed by atoms with Gasteiger partial charge < -0.3 is 34.1 Å². The summed E-state index contributed by atoms with van der Waals surface area (Å²) in [5, 5.41) is 4.86. The number of alkyl halides is 1. The Morgan fingerprint density at radius 1 is 0.859 bits per heavy atom. The topological polar surface area (TPSA) is 153 Å². The number of nitrogens with zero attached hydrogens (tertiary/aromatic N) is 1. The van der Waals surface area contributed by atoms with Gasteiger partial charge in [0.1, 0.15) is 24.3 Å². The number of carbonyl (C=O) groups is 5. The first-order valence-corrected chi connectivity index (χ1v) is 21.9. The van der Waals surface area contributed by atoms with Crippen LogP contribution >= 0.6 is 23.2 Å². The molecule has 2 N–H and O–H groups in total. The Balaban J connectivity index is 0.978. The van der Waals surface area contributed by atoms with Crippen molar-refractivity contribution < 1.29 is 47.3 Å². The van der Waals surface area contributed by atoms with Gasteiger partial charge in [-0.3, -0.25) is 14.4 Å². The van der Waals surface area contributed by atoms with Crippen LogP contribution in [0.1, 0.15) is 81.5 Å². The van der Waals surface area contributed by atoms with Gasteiger partial charge in [0.25, 0.3) is 0 Å². The van der Waals surface area contributed by atoms with Gasteiger partial charge in [-0.1, -0.05) is 66.2 Å². The molecule has 6 unspecified atom stereocenters. The summed E-state index contributed by atoms with van der Waals surface area (Å²) in [6, 6.07) is 23.8. The first-order chi connectivity index (χ1) is 30.9.